The molecule has 4 rings (SSSR count). The summed E-state index contributed by atoms with van der Waals surface area (Å²) in [6.07, 6.45) is 8.38. The van der Waals surface area contributed by atoms with Crippen LogP contribution in [0, 0.1) is 0 Å². The van der Waals surface area contributed by atoms with Crippen molar-refractivity contribution >= 4 is 46.2 Å². The molecule has 0 radical (unpaired) electrons. The van der Waals surface area contributed by atoms with Crippen molar-refractivity contribution in [2.75, 3.05) is 6.61 Å². The van der Waals surface area contributed by atoms with Crippen molar-refractivity contribution in [3.05, 3.63) is 63.5 Å². The average Bonchev–Trinajstić information content (AvgIpc) is 3.11. The molecule has 4 nitrogen and oxygen atoms in total. The Balaban J connectivity index is 1.75. The highest BCUT2D eigenvalue weighted by Gasteiger charge is 2.38. The number of benzene rings is 2. The van der Waals surface area contributed by atoms with Crippen LogP contribution >= 0.6 is 23.4 Å². The second-order valence-corrected chi connectivity index (χ2v) is 9.51. The number of carbonyl (C=O) groups is 1. The minimum absolute atomic E-state index is 0.0250. The number of ether oxygens (including phenoxy) is 1. The summed E-state index contributed by atoms with van der Waals surface area (Å²) in [5, 5.41) is 1.39. The molecule has 1 saturated carbocycles. The average molecular weight is 469 g/mol. The molecule has 2 aliphatic rings. The lowest BCUT2D eigenvalue weighted by Gasteiger charge is -2.30. The molecule has 1 aliphatic carbocycles. The zero-order chi connectivity index (χ0) is 22.5. The van der Waals surface area contributed by atoms with Gasteiger partial charge in [-0.15, -0.1) is 0 Å². The Morgan fingerprint density at radius 2 is 1.94 bits per heavy atom. The van der Waals surface area contributed by atoms with E-state index in [1.807, 2.05) is 48.2 Å². The standard InChI is InChI=1S/C26H29ClN2O2S/c1-3-18-10-8-9-13-22(18)28-26-29(21-11-6-5-7-12-21)25(30)24(32-26)17-19-16-20(27)14-15-23(19)31-4-2/h8-10,13-17,21H,3-7,11-12H2,1-2H3/b24-17+,28-26?. The second kappa shape index (κ2) is 10.6. The van der Waals surface area contributed by atoms with Crippen molar-refractivity contribution in [1.82, 2.24) is 4.90 Å². The van der Waals surface area contributed by atoms with E-state index in [0.717, 1.165) is 54.3 Å². The fourth-order valence-electron chi connectivity index (χ4n) is 4.31. The Hall–Kier alpha value is -2.24. The van der Waals surface area contributed by atoms with E-state index in [4.69, 9.17) is 21.3 Å². The maximum Gasteiger partial charge on any atom is 0.267 e. The molecule has 0 spiro atoms. The van der Waals surface area contributed by atoms with E-state index in [0.29, 0.717) is 16.5 Å². The van der Waals surface area contributed by atoms with Crippen LogP contribution < -0.4 is 4.74 Å². The van der Waals surface area contributed by atoms with Crippen LogP contribution in [0.1, 0.15) is 57.1 Å². The number of carbonyl (C=O) groups excluding carboxylic acids is 1. The maximum absolute atomic E-state index is 13.6. The molecule has 1 heterocycles. The summed E-state index contributed by atoms with van der Waals surface area (Å²) in [5.74, 6) is 0.751. The Morgan fingerprint density at radius 1 is 1.16 bits per heavy atom. The van der Waals surface area contributed by atoms with Crippen molar-refractivity contribution in [1.29, 1.82) is 0 Å². The molecule has 0 atom stereocenters. The number of halogens is 1. The first kappa shape index (κ1) is 22.9. The van der Waals surface area contributed by atoms with Gasteiger partial charge in [0.15, 0.2) is 5.17 Å². The van der Waals surface area contributed by atoms with Crippen LogP contribution in [-0.2, 0) is 11.2 Å². The van der Waals surface area contributed by atoms with Crippen LogP contribution in [0.15, 0.2) is 52.4 Å². The minimum atomic E-state index is 0.0250. The molecule has 0 bridgehead atoms. The van der Waals surface area contributed by atoms with Crippen LogP contribution in [0.3, 0.4) is 0 Å². The number of thioether (sulfide) groups is 1. The van der Waals surface area contributed by atoms with Crippen molar-refractivity contribution in [3.63, 3.8) is 0 Å². The van der Waals surface area contributed by atoms with Gasteiger partial charge in [0.25, 0.3) is 5.91 Å². The van der Waals surface area contributed by atoms with Gasteiger partial charge in [-0.1, -0.05) is 56.0 Å². The van der Waals surface area contributed by atoms with Gasteiger partial charge in [0.05, 0.1) is 17.2 Å². The molecule has 168 valence electrons. The van der Waals surface area contributed by atoms with Gasteiger partial charge < -0.3 is 4.74 Å². The van der Waals surface area contributed by atoms with Crippen molar-refractivity contribution in [3.8, 4) is 5.75 Å². The zero-order valence-corrected chi connectivity index (χ0v) is 20.2. The zero-order valence-electron chi connectivity index (χ0n) is 18.6. The summed E-state index contributed by atoms with van der Waals surface area (Å²) in [5.41, 5.74) is 2.93. The molecule has 0 aromatic heterocycles. The normalized spacial score (nSPS) is 19.8. The monoisotopic (exact) mass is 468 g/mol. The summed E-state index contributed by atoms with van der Waals surface area (Å²) in [6.45, 7) is 4.62. The Bertz CT molecular complexity index is 1040. The molecule has 32 heavy (non-hydrogen) atoms. The number of amides is 1. The first-order chi connectivity index (χ1) is 15.6. The molecule has 2 aromatic rings. The highest BCUT2D eigenvalue weighted by molar-refractivity contribution is 8.18. The van der Waals surface area contributed by atoms with E-state index in [9.17, 15) is 4.79 Å². The summed E-state index contributed by atoms with van der Waals surface area (Å²) in [6, 6.07) is 13.9. The Labute approximate surface area is 199 Å². The number of hydrogen-bond acceptors (Lipinski definition) is 4. The Morgan fingerprint density at radius 3 is 2.69 bits per heavy atom. The van der Waals surface area contributed by atoms with Gasteiger partial charge in [0.2, 0.25) is 0 Å². The lowest BCUT2D eigenvalue weighted by Crippen LogP contribution is -2.40. The third kappa shape index (κ3) is 5.05. The fraction of sp³-hybridized carbons (Fsp3) is 0.385. The lowest BCUT2D eigenvalue weighted by atomic mass is 9.94. The Kier molecular flexibility index (Phi) is 7.59. The highest BCUT2D eigenvalue weighted by Crippen LogP contribution is 2.40. The molecular formula is C26H29ClN2O2S. The third-order valence-corrected chi connectivity index (χ3v) is 7.14. The van der Waals surface area contributed by atoms with Crippen LogP contribution in [0.2, 0.25) is 5.02 Å². The third-order valence-electron chi connectivity index (χ3n) is 5.92. The predicted octanol–water partition coefficient (Wildman–Crippen LogP) is 7.24. The van der Waals surface area contributed by atoms with Gasteiger partial charge in [0, 0.05) is 16.6 Å². The molecule has 0 unspecified atom stereocenters. The quantitative estimate of drug-likeness (QED) is 0.419. The smallest absolute Gasteiger partial charge is 0.267 e. The maximum atomic E-state index is 13.6. The van der Waals surface area contributed by atoms with Gasteiger partial charge in [-0.05, 0) is 73.9 Å². The van der Waals surface area contributed by atoms with Gasteiger partial charge in [-0.3, -0.25) is 9.69 Å². The SMILES string of the molecule is CCOc1ccc(Cl)cc1/C=C1/SC(=Nc2ccccc2CC)N(C2CCCCC2)C1=O. The van der Waals surface area contributed by atoms with E-state index in [1.165, 1.54) is 23.7 Å². The number of nitrogens with zero attached hydrogens (tertiary/aromatic N) is 2. The van der Waals surface area contributed by atoms with Crippen LogP contribution in [0.5, 0.6) is 5.75 Å². The van der Waals surface area contributed by atoms with Gasteiger partial charge >= 0.3 is 0 Å². The second-order valence-electron chi connectivity index (χ2n) is 8.07. The number of hydrogen-bond donors (Lipinski definition) is 0. The van der Waals surface area contributed by atoms with Gasteiger partial charge in [-0.25, -0.2) is 4.99 Å². The topological polar surface area (TPSA) is 41.9 Å². The first-order valence-corrected chi connectivity index (χ1v) is 12.6. The van der Waals surface area contributed by atoms with Crippen molar-refractivity contribution in [2.45, 2.75) is 58.4 Å². The summed E-state index contributed by atoms with van der Waals surface area (Å²) in [7, 11) is 0. The van der Waals surface area contributed by atoms with Crippen LogP contribution in [0.25, 0.3) is 6.08 Å². The lowest BCUT2D eigenvalue weighted by molar-refractivity contribution is -0.124. The van der Waals surface area contributed by atoms with E-state index in [1.54, 1.807) is 6.07 Å². The number of aliphatic imine (C=N–C) groups is 1. The van der Waals surface area contributed by atoms with E-state index < -0.39 is 0 Å². The number of rotatable bonds is 6. The summed E-state index contributed by atoms with van der Waals surface area (Å²) >= 11 is 7.70. The molecule has 1 aliphatic heterocycles. The summed E-state index contributed by atoms with van der Waals surface area (Å²) in [4.78, 5) is 21.2. The molecule has 1 amide bonds. The van der Waals surface area contributed by atoms with E-state index in [2.05, 4.69) is 13.0 Å². The largest absolute Gasteiger partial charge is 0.493 e. The van der Waals surface area contributed by atoms with Crippen LogP contribution in [0.4, 0.5) is 5.69 Å². The van der Waals surface area contributed by atoms with Gasteiger partial charge in [0.1, 0.15) is 5.75 Å². The van der Waals surface area contributed by atoms with Crippen molar-refractivity contribution < 1.29 is 9.53 Å². The van der Waals surface area contributed by atoms with Crippen molar-refractivity contribution in [2.24, 2.45) is 4.99 Å². The van der Waals surface area contributed by atoms with E-state index in [-0.39, 0.29) is 11.9 Å². The highest BCUT2D eigenvalue weighted by atomic mass is 35.5. The van der Waals surface area contributed by atoms with Crippen LogP contribution in [-0.4, -0.2) is 28.6 Å². The summed E-state index contributed by atoms with van der Waals surface area (Å²) < 4.78 is 5.77. The fourth-order valence-corrected chi connectivity index (χ4v) is 5.53. The van der Waals surface area contributed by atoms with E-state index >= 15 is 0 Å². The molecule has 2 aromatic carbocycles. The molecule has 6 heteroatoms. The number of amidine groups is 1. The molecular weight excluding hydrogens is 440 g/mol. The molecule has 2 fully saturated rings. The first-order valence-electron chi connectivity index (χ1n) is 11.4. The van der Waals surface area contributed by atoms with Gasteiger partial charge in [-0.2, -0.15) is 0 Å². The predicted molar refractivity (Wildman–Crippen MR) is 135 cm³/mol. The molecule has 1 saturated heterocycles. The number of aryl methyl sites for hydroxylation is 1. The number of para-hydroxylation sites is 1. The minimum Gasteiger partial charge on any atom is -0.493 e. The molecule has 0 N–H and O–H groups in total.